The van der Waals surface area contributed by atoms with Crippen LogP contribution in [0.2, 0.25) is 0 Å². The minimum atomic E-state index is -0.293. The number of urea groups is 1. The molecule has 0 radical (unpaired) electrons. The van der Waals surface area contributed by atoms with Crippen molar-refractivity contribution >= 4 is 17.6 Å². The average Bonchev–Trinajstić information content (AvgIpc) is 2.91. The number of hydrogen-bond donors (Lipinski definition) is 1. The van der Waals surface area contributed by atoms with Crippen molar-refractivity contribution in [2.45, 2.75) is 44.2 Å². The van der Waals surface area contributed by atoms with Crippen LogP contribution in [-0.2, 0) is 4.79 Å². The summed E-state index contributed by atoms with van der Waals surface area (Å²) < 4.78 is 0. The van der Waals surface area contributed by atoms with Crippen LogP contribution in [0.3, 0.4) is 0 Å². The zero-order valence-corrected chi connectivity index (χ0v) is 18.6. The number of nitrogens with one attached hydrogen (secondary N) is 1. The monoisotopic (exact) mass is 429 g/mol. The van der Waals surface area contributed by atoms with E-state index in [-0.39, 0.29) is 30.6 Å². The van der Waals surface area contributed by atoms with Gasteiger partial charge in [-0.15, -0.1) is 0 Å². The number of likely N-dealkylation sites (N-methyl/N-ethyl adjacent to an activating group) is 1. The number of fused-ring (bicyclic) bond motifs is 1. The average molecular weight is 430 g/mol. The molecule has 5 heteroatoms. The summed E-state index contributed by atoms with van der Waals surface area (Å²) in [4.78, 5) is 30.4. The van der Waals surface area contributed by atoms with E-state index in [1.807, 2.05) is 49.5 Å². The third-order valence-electron chi connectivity index (χ3n) is 8.48. The Morgan fingerprint density at radius 3 is 2.19 bits per heavy atom. The Kier molecular flexibility index (Phi) is 4.74. The second-order valence-electron chi connectivity index (χ2n) is 10.4. The maximum atomic E-state index is 13.8. The first kappa shape index (κ1) is 19.8. The fraction of sp³-hybridized carbons (Fsp3) is 0.481. The number of amides is 3. The number of carbonyl (C=O) groups is 2. The van der Waals surface area contributed by atoms with Gasteiger partial charge < -0.3 is 15.1 Å². The number of anilines is 1. The second-order valence-corrected chi connectivity index (χ2v) is 10.4. The molecular weight excluding hydrogens is 398 g/mol. The number of benzene rings is 2. The molecule has 1 atom stereocenters. The molecule has 166 valence electrons. The maximum absolute atomic E-state index is 13.8. The highest BCUT2D eigenvalue weighted by atomic mass is 16.2. The predicted molar refractivity (Wildman–Crippen MR) is 124 cm³/mol. The first-order valence-corrected chi connectivity index (χ1v) is 12.1. The molecule has 32 heavy (non-hydrogen) atoms. The van der Waals surface area contributed by atoms with E-state index < -0.39 is 0 Å². The lowest BCUT2D eigenvalue weighted by Gasteiger charge is -2.54. The third kappa shape index (κ3) is 3.21. The fourth-order valence-electron chi connectivity index (χ4n) is 7.24. The summed E-state index contributed by atoms with van der Waals surface area (Å²) in [5.74, 6) is 2.87. The second kappa shape index (κ2) is 7.65. The van der Waals surface area contributed by atoms with Gasteiger partial charge in [-0.2, -0.15) is 0 Å². The highest BCUT2D eigenvalue weighted by Gasteiger charge is 2.49. The molecule has 1 aliphatic heterocycles. The zero-order valence-electron chi connectivity index (χ0n) is 18.6. The van der Waals surface area contributed by atoms with Crippen LogP contribution in [-0.4, -0.2) is 36.5 Å². The summed E-state index contributed by atoms with van der Waals surface area (Å²) in [7, 11) is 1.81. The molecule has 4 saturated carbocycles. The fourth-order valence-corrected chi connectivity index (χ4v) is 7.24. The molecule has 1 unspecified atom stereocenters. The number of rotatable bonds is 2. The Balaban J connectivity index is 1.36. The molecule has 3 amide bonds. The van der Waals surface area contributed by atoms with Crippen LogP contribution in [0, 0.1) is 23.7 Å². The Morgan fingerprint density at radius 2 is 1.50 bits per heavy atom. The van der Waals surface area contributed by atoms with E-state index in [0.717, 1.165) is 28.7 Å². The van der Waals surface area contributed by atoms with Crippen molar-refractivity contribution in [3.63, 3.8) is 0 Å². The van der Waals surface area contributed by atoms with Crippen LogP contribution in [0.25, 0.3) is 0 Å². The highest BCUT2D eigenvalue weighted by molar-refractivity contribution is 5.98. The normalized spacial score (nSPS) is 33.1. The van der Waals surface area contributed by atoms with Crippen molar-refractivity contribution in [2.75, 3.05) is 18.5 Å². The SMILES string of the molecule is CN1C(=O)CN(C(=O)NC2C3CC4CC(C3)CC2C4)C(c2ccccc2)c2ccccc21. The minimum absolute atomic E-state index is 0.0592. The van der Waals surface area contributed by atoms with E-state index >= 15 is 0 Å². The summed E-state index contributed by atoms with van der Waals surface area (Å²) in [6, 6.07) is 17.9. The van der Waals surface area contributed by atoms with E-state index in [1.54, 1.807) is 9.80 Å². The topological polar surface area (TPSA) is 52.7 Å². The molecule has 5 nitrogen and oxygen atoms in total. The number of carbonyl (C=O) groups excluding carboxylic acids is 2. The molecule has 0 saturated heterocycles. The van der Waals surface area contributed by atoms with Crippen LogP contribution in [0.4, 0.5) is 10.5 Å². The Bertz CT molecular complexity index is 1010. The molecule has 0 spiro atoms. The van der Waals surface area contributed by atoms with Crippen LogP contribution in [0.5, 0.6) is 0 Å². The van der Waals surface area contributed by atoms with E-state index in [2.05, 4.69) is 17.4 Å². The molecule has 4 bridgehead atoms. The molecule has 5 aliphatic rings. The van der Waals surface area contributed by atoms with Crippen LogP contribution in [0.1, 0.15) is 49.3 Å². The lowest BCUT2D eigenvalue weighted by molar-refractivity contribution is -0.119. The highest BCUT2D eigenvalue weighted by Crippen LogP contribution is 2.53. The zero-order chi connectivity index (χ0) is 21.8. The molecule has 7 rings (SSSR count). The Morgan fingerprint density at radius 1 is 0.875 bits per heavy atom. The van der Waals surface area contributed by atoms with Gasteiger partial charge in [-0.3, -0.25) is 4.79 Å². The molecule has 1 heterocycles. The molecular formula is C27H31N3O2. The lowest BCUT2D eigenvalue weighted by atomic mass is 9.54. The smallest absolute Gasteiger partial charge is 0.318 e. The number of hydrogen-bond acceptors (Lipinski definition) is 2. The van der Waals surface area contributed by atoms with Gasteiger partial charge in [0.1, 0.15) is 6.54 Å². The summed E-state index contributed by atoms with van der Waals surface area (Å²) in [6.45, 7) is 0.0733. The molecule has 2 aromatic carbocycles. The Labute approximate surface area is 189 Å². The van der Waals surface area contributed by atoms with Gasteiger partial charge in [-0.25, -0.2) is 4.79 Å². The van der Waals surface area contributed by atoms with Crippen LogP contribution < -0.4 is 10.2 Å². The van der Waals surface area contributed by atoms with E-state index in [0.29, 0.717) is 11.8 Å². The summed E-state index contributed by atoms with van der Waals surface area (Å²) in [6.07, 6.45) is 6.41. The number of nitrogens with zero attached hydrogens (tertiary/aromatic N) is 2. The lowest BCUT2D eigenvalue weighted by Crippen LogP contribution is -2.58. The standard InChI is InChI=1S/C27H31N3O2/c1-29-23-10-6-5-9-22(23)26(19-7-3-2-4-8-19)30(16-24(29)31)27(32)28-25-20-12-17-11-18(14-20)15-21(25)13-17/h2-10,17-18,20-21,25-26H,11-16H2,1H3,(H,28,32). The molecule has 4 aliphatic carbocycles. The maximum Gasteiger partial charge on any atom is 0.318 e. The summed E-state index contributed by atoms with van der Waals surface area (Å²) >= 11 is 0. The number of para-hydroxylation sites is 1. The van der Waals surface area contributed by atoms with Crippen molar-refractivity contribution in [3.05, 3.63) is 65.7 Å². The van der Waals surface area contributed by atoms with Gasteiger partial charge >= 0.3 is 6.03 Å². The van der Waals surface area contributed by atoms with Gasteiger partial charge in [0.2, 0.25) is 5.91 Å². The van der Waals surface area contributed by atoms with Gasteiger partial charge in [-0.05, 0) is 67.4 Å². The largest absolute Gasteiger partial charge is 0.335 e. The third-order valence-corrected chi connectivity index (χ3v) is 8.48. The van der Waals surface area contributed by atoms with Crippen LogP contribution in [0.15, 0.2) is 54.6 Å². The molecule has 4 fully saturated rings. The van der Waals surface area contributed by atoms with Crippen molar-refractivity contribution < 1.29 is 9.59 Å². The van der Waals surface area contributed by atoms with Crippen molar-refractivity contribution in [1.29, 1.82) is 0 Å². The van der Waals surface area contributed by atoms with Crippen molar-refractivity contribution in [2.24, 2.45) is 23.7 Å². The van der Waals surface area contributed by atoms with Gasteiger partial charge in [0, 0.05) is 24.3 Å². The first-order valence-electron chi connectivity index (χ1n) is 12.1. The van der Waals surface area contributed by atoms with Gasteiger partial charge in [0.15, 0.2) is 0 Å². The minimum Gasteiger partial charge on any atom is -0.335 e. The quantitative estimate of drug-likeness (QED) is 0.759. The summed E-state index contributed by atoms with van der Waals surface area (Å²) in [5.41, 5.74) is 2.90. The van der Waals surface area contributed by atoms with Crippen molar-refractivity contribution in [3.8, 4) is 0 Å². The summed E-state index contributed by atoms with van der Waals surface area (Å²) in [5, 5.41) is 3.44. The molecule has 2 aromatic rings. The predicted octanol–water partition coefficient (Wildman–Crippen LogP) is 4.59. The van der Waals surface area contributed by atoms with Crippen LogP contribution >= 0.6 is 0 Å². The first-order chi connectivity index (χ1) is 15.6. The van der Waals surface area contributed by atoms with Gasteiger partial charge in [0.25, 0.3) is 0 Å². The van der Waals surface area contributed by atoms with E-state index in [4.69, 9.17) is 0 Å². The van der Waals surface area contributed by atoms with Gasteiger partial charge in [-0.1, -0.05) is 48.5 Å². The van der Waals surface area contributed by atoms with Crippen molar-refractivity contribution in [1.82, 2.24) is 10.2 Å². The molecule has 1 N–H and O–H groups in total. The molecule has 0 aromatic heterocycles. The van der Waals surface area contributed by atoms with E-state index in [1.165, 1.54) is 32.1 Å². The van der Waals surface area contributed by atoms with Gasteiger partial charge in [0.05, 0.1) is 6.04 Å². The Hall–Kier alpha value is -2.82. The van der Waals surface area contributed by atoms with E-state index in [9.17, 15) is 9.59 Å².